The number of ketones is 1. The zero-order chi connectivity index (χ0) is 11.8. The highest BCUT2D eigenvalue weighted by atomic mass is 79.9. The Balaban J connectivity index is 0.00000256. The van der Waals surface area contributed by atoms with Gasteiger partial charge in [-0.3, -0.25) is 4.79 Å². The maximum absolute atomic E-state index is 11.7. The van der Waals surface area contributed by atoms with Gasteiger partial charge in [-0.25, -0.2) is 0 Å². The van der Waals surface area contributed by atoms with E-state index in [1.54, 1.807) is 6.08 Å². The number of halogens is 1. The van der Waals surface area contributed by atoms with Gasteiger partial charge in [-0.05, 0) is 19.2 Å². The van der Waals surface area contributed by atoms with E-state index < -0.39 is 0 Å². The van der Waals surface area contributed by atoms with E-state index in [2.05, 4.69) is 18.7 Å². The number of carbonyl (C=O) groups excluding carboxylic acids is 1. The highest BCUT2D eigenvalue weighted by molar-refractivity contribution is 8.93. The van der Waals surface area contributed by atoms with E-state index in [0.717, 1.165) is 25.2 Å². The van der Waals surface area contributed by atoms with E-state index in [1.165, 1.54) is 0 Å². The van der Waals surface area contributed by atoms with Crippen molar-refractivity contribution in [2.24, 2.45) is 0 Å². The molecule has 0 spiro atoms. The first-order valence-electron chi connectivity index (χ1n) is 5.76. The van der Waals surface area contributed by atoms with Gasteiger partial charge >= 0.3 is 0 Å². The van der Waals surface area contributed by atoms with Crippen molar-refractivity contribution >= 4 is 22.8 Å². The highest BCUT2D eigenvalue weighted by Crippen LogP contribution is 2.00. The molecule has 0 saturated heterocycles. The summed E-state index contributed by atoms with van der Waals surface area (Å²) >= 11 is 0. The lowest BCUT2D eigenvalue weighted by molar-refractivity contribution is 0.104. The molecule has 0 aliphatic heterocycles. The van der Waals surface area contributed by atoms with Gasteiger partial charge in [0.25, 0.3) is 0 Å². The number of likely N-dealkylation sites (N-methyl/N-ethyl adjacent to an activating group) is 1. The lowest BCUT2D eigenvalue weighted by Gasteiger charge is -2.14. The Morgan fingerprint density at radius 3 is 2.29 bits per heavy atom. The van der Waals surface area contributed by atoms with Crippen LogP contribution in [0.5, 0.6) is 0 Å². The van der Waals surface area contributed by atoms with Crippen LogP contribution in [0.3, 0.4) is 0 Å². The molecule has 0 aliphatic rings. The fraction of sp³-hybridized carbons (Fsp3) is 0.357. The molecule has 0 amide bonds. The van der Waals surface area contributed by atoms with Crippen molar-refractivity contribution in [1.29, 1.82) is 0 Å². The summed E-state index contributed by atoms with van der Waals surface area (Å²) in [6.07, 6.45) is 3.59. The molecule has 0 fully saturated rings. The Kier molecular flexibility index (Phi) is 8.64. The first kappa shape index (κ1) is 16.1. The van der Waals surface area contributed by atoms with Crippen molar-refractivity contribution in [1.82, 2.24) is 4.90 Å². The Labute approximate surface area is 114 Å². The molecule has 2 nitrogen and oxygen atoms in total. The third-order valence-electron chi connectivity index (χ3n) is 2.59. The second-order valence-electron chi connectivity index (χ2n) is 3.62. The molecule has 0 unspecified atom stereocenters. The number of allylic oxidation sites excluding steroid dienone is 1. The minimum absolute atomic E-state index is 0. The first-order valence-corrected chi connectivity index (χ1v) is 5.76. The normalized spacial score (nSPS) is 10.5. The topological polar surface area (TPSA) is 20.3 Å². The molecule has 0 aliphatic carbocycles. The Bertz CT molecular complexity index is 344. The van der Waals surface area contributed by atoms with Gasteiger partial charge in [-0.2, -0.15) is 0 Å². The largest absolute Gasteiger partial charge is 0.300 e. The van der Waals surface area contributed by atoms with Gasteiger partial charge in [0.15, 0.2) is 5.78 Å². The van der Waals surface area contributed by atoms with Crippen molar-refractivity contribution in [3.8, 4) is 0 Å². The van der Waals surface area contributed by atoms with Gasteiger partial charge in [0.2, 0.25) is 0 Å². The van der Waals surface area contributed by atoms with Crippen LogP contribution in [0, 0.1) is 0 Å². The molecule has 3 heteroatoms. The highest BCUT2D eigenvalue weighted by Gasteiger charge is 1.99. The minimum atomic E-state index is 0. The zero-order valence-electron chi connectivity index (χ0n) is 10.4. The summed E-state index contributed by atoms with van der Waals surface area (Å²) < 4.78 is 0. The van der Waals surface area contributed by atoms with Crippen molar-refractivity contribution in [2.45, 2.75) is 13.8 Å². The molecule has 1 rings (SSSR count). The smallest absolute Gasteiger partial charge is 0.185 e. The predicted molar refractivity (Wildman–Crippen MR) is 78.0 cm³/mol. The van der Waals surface area contributed by atoms with Crippen molar-refractivity contribution in [2.75, 3.05) is 19.6 Å². The van der Waals surface area contributed by atoms with Crippen molar-refractivity contribution < 1.29 is 4.79 Å². The van der Waals surface area contributed by atoms with Crippen LogP contribution in [0.15, 0.2) is 42.5 Å². The quantitative estimate of drug-likeness (QED) is 0.593. The van der Waals surface area contributed by atoms with E-state index in [-0.39, 0.29) is 22.8 Å². The first-order chi connectivity index (χ1) is 7.77. The van der Waals surface area contributed by atoms with Crippen LogP contribution in [0.25, 0.3) is 0 Å². The average Bonchev–Trinajstić information content (AvgIpc) is 2.35. The van der Waals surface area contributed by atoms with Crippen LogP contribution >= 0.6 is 17.0 Å². The number of nitrogens with zero attached hydrogens (tertiary/aromatic N) is 1. The molecular formula is C14H20BrNO. The minimum Gasteiger partial charge on any atom is -0.300 e. The van der Waals surface area contributed by atoms with Crippen LogP contribution in [-0.4, -0.2) is 30.3 Å². The van der Waals surface area contributed by atoms with E-state index in [1.807, 2.05) is 36.4 Å². The number of hydrogen-bond acceptors (Lipinski definition) is 2. The van der Waals surface area contributed by atoms with E-state index in [0.29, 0.717) is 0 Å². The number of rotatable bonds is 6. The summed E-state index contributed by atoms with van der Waals surface area (Å²) in [5.41, 5.74) is 0.748. The molecule has 0 saturated carbocycles. The number of benzene rings is 1. The molecule has 0 bridgehead atoms. The third-order valence-corrected chi connectivity index (χ3v) is 2.59. The molecular weight excluding hydrogens is 278 g/mol. The molecule has 0 radical (unpaired) electrons. The van der Waals surface area contributed by atoms with Crippen LogP contribution in [0.2, 0.25) is 0 Å². The van der Waals surface area contributed by atoms with Crippen molar-refractivity contribution in [3.63, 3.8) is 0 Å². The molecule has 17 heavy (non-hydrogen) atoms. The van der Waals surface area contributed by atoms with Gasteiger partial charge in [0.05, 0.1) is 0 Å². The van der Waals surface area contributed by atoms with Gasteiger partial charge in [0, 0.05) is 12.1 Å². The summed E-state index contributed by atoms with van der Waals surface area (Å²) in [4.78, 5) is 14.0. The second kappa shape index (κ2) is 9.14. The summed E-state index contributed by atoms with van der Waals surface area (Å²) in [5.74, 6) is 0.0766. The molecule has 0 atom stereocenters. The Hall–Kier alpha value is -0.930. The van der Waals surface area contributed by atoms with E-state index in [9.17, 15) is 4.79 Å². The van der Waals surface area contributed by atoms with Gasteiger partial charge in [0.1, 0.15) is 0 Å². The van der Waals surface area contributed by atoms with Gasteiger partial charge in [-0.1, -0.05) is 50.3 Å². The summed E-state index contributed by atoms with van der Waals surface area (Å²) in [6.45, 7) is 7.11. The standard InChI is InChI=1S/C14H19NO.BrH/c1-3-15(4-2)12-8-11-14(16)13-9-6-5-7-10-13;/h5-11H,3-4,12H2,1-2H3;1H/b11-8+;. The lowest BCUT2D eigenvalue weighted by atomic mass is 10.1. The fourth-order valence-corrected chi connectivity index (χ4v) is 1.49. The van der Waals surface area contributed by atoms with Crippen LogP contribution in [0.4, 0.5) is 0 Å². The molecule has 0 N–H and O–H groups in total. The van der Waals surface area contributed by atoms with Crippen LogP contribution in [-0.2, 0) is 0 Å². The Morgan fingerprint density at radius 2 is 1.76 bits per heavy atom. The van der Waals surface area contributed by atoms with Gasteiger partial charge < -0.3 is 4.90 Å². The molecule has 1 aromatic rings. The lowest BCUT2D eigenvalue weighted by Crippen LogP contribution is -2.22. The summed E-state index contributed by atoms with van der Waals surface area (Å²) in [7, 11) is 0. The summed E-state index contributed by atoms with van der Waals surface area (Å²) in [6, 6.07) is 9.35. The molecule has 0 heterocycles. The van der Waals surface area contributed by atoms with Crippen molar-refractivity contribution in [3.05, 3.63) is 48.0 Å². The number of carbonyl (C=O) groups is 1. The number of hydrogen-bond donors (Lipinski definition) is 0. The predicted octanol–water partition coefficient (Wildman–Crippen LogP) is 3.35. The SMILES string of the molecule is Br.CCN(CC)C/C=C/C(=O)c1ccccc1. The monoisotopic (exact) mass is 297 g/mol. The van der Waals surface area contributed by atoms with Crippen LogP contribution in [0.1, 0.15) is 24.2 Å². The maximum Gasteiger partial charge on any atom is 0.185 e. The van der Waals surface area contributed by atoms with Gasteiger partial charge in [-0.15, -0.1) is 17.0 Å². The molecule has 94 valence electrons. The van der Waals surface area contributed by atoms with E-state index >= 15 is 0 Å². The molecule has 0 aromatic heterocycles. The zero-order valence-corrected chi connectivity index (χ0v) is 12.1. The average molecular weight is 298 g/mol. The fourth-order valence-electron chi connectivity index (χ4n) is 1.49. The maximum atomic E-state index is 11.7. The van der Waals surface area contributed by atoms with Crippen LogP contribution < -0.4 is 0 Å². The Morgan fingerprint density at radius 1 is 1.18 bits per heavy atom. The molecule has 1 aromatic carbocycles. The second-order valence-corrected chi connectivity index (χ2v) is 3.62. The van der Waals surface area contributed by atoms with E-state index in [4.69, 9.17) is 0 Å². The third kappa shape index (κ3) is 5.80. The summed E-state index contributed by atoms with van der Waals surface area (Å²) in [5, 5.41) is 0.